The van der Waals surface area contributed by atoms with Crippen LogP contribution in [0.2, 0.25) is 0 Å². The van der Waals surface area contributed by atoms with Crippen LogP contribution in [0.3, 0.4) is 0 Å². The van der Waals surface area contributed by atoms with Gasteiger partial charge >= 0.3 is 10.4 Å². The zero-order valence-corrected chi connectivity index (χ0v) is 8.13. The van der Waals surface area contributed by atoms with Crippen molar-refractivity contribution < 1.29 is 17.5 Å². The average Bonchev–Trinajstić information content (AvgIpc) is 1.63. The Morgan fingerprint density at radius 1 is 1.36 bits per heavy atom. The molecular weight excluding hydrogens is 190 g/mol. The van der Waals surface area contributed by atoms with Crippen LogP contribution in [0.1, 0.15) is 19.8 Å². The smallest absolute Gasteiger partial charge is 0.330 e. The van der Waals surface area contributed by atoms with E-state index in [1.54, 1.807) is 0 Å². The minimum Gasteiger partial charge on any atom is -0.330 e. The van der Waals surface area contributed by atoms with E-state index in [0.29, 0.717) is 0 Å². The summed E-state index contributed by atoms with van der Waals surface area (Å²) in [7, 11) is -4.67. The molecule has 0 atom stereocenters. The summed E-state index contributed by atoms with van der Waals surface area (Å²) in [6, 6.07) is 0. The normalized spacial score (nSPS) is 9.09. The van der Waals surface area contributed by atoms with Gasteiger partial charge in [-0.25, -0.2) is 0 Å². The Balaban J connectivity index is -0.000000107. The van der Waals surface area contributed by atoms with Crippen LogP contribution in [0.4, 0.5) is 0 Å². The van der Waals surface area contributed by atoms with E-state index in [2.05, 4.69) is 6.92 Å². The lowest BCUT2D eigenvalue weighted by Crippen LogP contribution is -1.95. The highest BCUT2D eigenvalue weighted by atomic mass is 32.3. The molecule has 0 saturated carbocycles. The molecule has 0 aliphatic rings. The third kappa shape index (κ3) is 143. The van der Waals surface area contributed by atoms with Gasteiger partial charge in [0.15, 0.2) is 0 Å². The highest BCUT2D eigenvalue weighted by Gasteiger charge is 1.84. The van der Waals surface area contributed by atoms with E-state index < -0.39 is 10.4 Å². The summed E-state index contributed by atoms with van der Waals surface area (Å²) in [5.41, 5.74) is 5.14. The van der Waals surface area contributed by atoms with Crippen molar-refractivity contribution in [1.82, 2.24) is 0 Å². The summed E-state index contributed by atoms with van der Waals surface area (Å²) in [5.74, 6) is 0. The number of unbranched alkanes of at least 4 members (excludes halogenated alkanes) is 1. The van der Waals surface area contributed by atoms with Gasteiger partial charge in [0.1, 0.15) is 0 Å². The molecular formula is C4H15NO4S2. The Kier molecular flexibility index (Phi) is 16.0. The third-order valence-electron chi connectivity index (χ3n) is 0.558. The first-order chi connectivity index (χ1) is 4.41. The van der Waals surface area contributed by atoms with Crippen molar-refractivity contribution in [3.8, 4) is 0 Å². The van der Waals surface area contributed by atoms with Gasteiger partial charge in [0.25, 0.3) is 0 Å². The molecule has 0 aromatic carbocycles. The fourth-order valence-electron chi connectivity index (χ4n) is 0.204. The zero-order chi connectivity index (χ0) is 8.62. The summed E-state index contributed by atoms with van der Waals surface area (Å²) in [6.45, 7) is 2.98. The van der Waals surface area contributed by atoms with E-state index in [-0.39, 0.29) is 13.5 Å². The van der Waals surface area contributed by atoms with E-state index in [0.717, 1.165) is 6.54 Å². The van der Waals surface area contributed by atoms with Crippen LogP contribution in [0.5, 0.6) is 0 Å². The second-order valence-corrected chi connectivity index (χ2v) is 2.49. The van der Waals surface area contributed by atoms with Crippen LogP contribution in [0, 0.1) is 0 Å². The standard InChI is InChI=1S/C4H11N.H2O4S.H2S/c1-2-3-4-5;1-5(2,3)4;/h2-5H2,1H3;(H2,1,2,3,4);1H2. The van der Waals surface area contributed by atoms with Crippen molar-refractivity contribution >= 4 is 23.9 Å². The molecule has 0 aliphatic carbocycles. The number of hydrogen-bond acceptors (Lipinski definition) is 3. The summed E-state index contributed by atoms with van der Waals surface area (Å²) in [4.78, 5) is 0. The molecule has 0 unspecified atom stereocenters. The Labute approximate surface area is 74.0 Å². The van der Waals surface area contributed by atoms with Crippen LogP contribution < -0.4 is 5.73 Å². The maximum atomic E-state index is 8.74. The molecule has 0 rings (SSSR count). The molecule has 7 heteroatoms. The van der Waals surface area contributed by atoms with E-state index >= 15 is 0 Å². The quantitative estimate of drug-likeness (QED) is 0.559. The predicted molar refractivity (Wildman–Crippen MR) is 48.5 cm³/mol. The molecule has 0 saturated heterocycles. The monoisotopic (exact) mass is 205 g/mol. The Bertz CT molecular complexity index is 134. The first-order valence-electron chi connectivity index (χ1n) is 2.81. The Hall–Kier alpha value is 0.180. The third-order valence-corrected chi connectivity index (χ3v) is 0.558. The van der Waals surface area contributed by atoms with Gasteiger partial charge < -0.3 is 5.73 Å². The predicted octanol–water partition coefficient (Wildman–Crippen LogP) is 0.205. The fraction of sp³-hybridized carbons (Fsp3) is 1.00. The number of nitrogens with two attached hydrogens (primary N) is 1. The van der Waals surface area contributed by atoms with Crippen molar-refractivity contribution in [3.63, 3.8) is 0 Å². The lowest BCUT2D eigenvalue weighted by Gasteiger charge is -1.80. The highest BCUT2D eigenvalue weighted by molar-refractivity contribution is 7.79. The molecule has 72 valence electrons. The molecule has 0 spiro atoms. The minimum absolute atomic E-state index is 0. The van der Waals surface area contributed by atoms with E-state index in [4.69, 9.17) is 23.3 Å². The van der Waals surface area contributed by atoms with Gasteiger partial charge in [0, 0.05) is 0 Å². The largest absolute Gasteiger partial charge is 0.394 e. The summed E-state index contributed by atoms with van der Waals surface area (Å²) in [5, 5.41) is 0. The SMILES string of the molecule is CCCCN.O=S(=O)(O)O.S. The van der Waals surface area contributed by atoms with Crippen molar-refractivity contribution in [2.24, 2.45) is 5.73 Å². The lowest BCUT2D eigenvalue weighted by molar-refractivity contribution is 0.381. The second kappa shape index (κ2) is 10.2. The second-order valence-electron chi connectivity index (χ2n) is 1.59. The first-order valence-corrected chi connectivity index (χ1v) is 4.21. The summed E-state index contributed by atoms with van der Waals surface area (Å²) in [6.07, 6.45) is 2.39. The summed E-state index contributed by atoms with van der Waals surface area (Å²) >= 11 is 0. The molecule has 11 heavy (non-hydrogen) atoms. The molecule has 4 N–H and O–H groups in total. The molecule has 0 amide bonds. The molecule has 0 bridgehead atoms. The van der Waals surface area contributed by atoms with E-state index in [1.165, 1.54) is 12.8 Å². The molecule has 0 aromatic rings. The topological polar surface area (TPSA) is 101 Å². The van der Waals surface area contributed by atoms with Crippen molar-refractivity contribution in [2.75, 3.05) is 6.54 Å². The van der Waals surface area contributed by atoms with Gasteiger partial charge in [0.2, 0.25) is 0 Å². The molecule has 0 heterocycles. The van der Waals surface area contributed by atoms with Crippen molar-refractivity contribution in [1.29, 1.82) is 0 Å². The van der Waals surface area contributed by atoms with Gasteiger partial charge in [-0.15, -0.1) is 0 Å². The van der Waals surface area contributed by atoms with Gasteiger partial charge in [-0.05, 0) is 13.0 Å². The number of rotatable bonds is 2. The molecule has 0 aliphatic heterocycles. The highest BCUT2D eigenvalue weighted by Crippen LogP contribution is 1.77. The Morgan fingerprint density at radius 3 is 1.64 bits per heavy atom. The van der Waals surface area contributed by atoms with Gasteiger partial charge in [-0.3, -0.25) is 9.11 Å². The minimum atomic E-state index is -4.67. The summed E-state index contributed by atoms with van der Waals surface area (Å²) < 4.78 is 31.6. The molecule has 0 aromatic heterocycles. The van der Waals surface area contributed by atoms with E-state index in [1.807, 2.05) is 0 Å². The maximum absolute atomic E-state index is 8.74. The maximum Gasteiger partial charge on any atom is 0.394 e. The lowest BCUT2D eigenvalue weighted by atomic mass is 10.3. The Morgan fingerprint density at radius 2 is 1.64 bits per heavy atom. The zero-order valence-electron chi connectivity index (χ0n) is 6.32. The molecule has 5 nitrogen and oxygen atoms in total. The van der Waals surface area contributed by atoms with Gasteiger partial charge in [0.05, 0.1) is 0 Å². The molecule has 0 radical (unpaired) electrons. The van der Waals surface area contributed by atoms with Crippen LogP contribution in [-0.2, 0) is 10.4 Å². The van der Waals surface area contributed by atoms with Crippen molar-refractivity contribution in [3.05, 3.63) is 0 Å². The first kappa shape index (κ1) is 17.3. The van der Waals surface area contributed by atoms with Crippen molar-refractivity contribution in [2.45, 2.75) is 19.8 Å². The fourth-order valence-corrected chi connectivity index (χ4v) is 0.204. The van der Waals surface area contributed by atoms with Gasteiger partial charge in [-0.1, -0.05) is 13.3 Å². The van der Waals surface area contributed by atoms with Crippen LogP contribution in [0.15, 0.2) is 0 Å². The number of hydrogen-bond donors (Lipinski definition) is 3. The van der Waals surface area contributed by atoms with Gasteiger partial charge in [-0.2, -0.15) is 21.9 Å². The average molecular weight is 205 g/mol. The van der Waals surface area contributed by atoms with Crippen LogP contribution >= 0.6 is 13.5 Å². The van der Waals surface area contributed by atoms with E-state index in [9.17, 15) is 0 Å². The van der Waals surface area contributed by atoms with Crippen LogP contribution in [-0.4, -0.2) is 24.1 Å². The van der Waals surface area contributed by atoms with Crippen LogP contribution in [0.25, 0.3) is 0 Å². The molecule has 0 fully saturated rings.